The van der Waals surface area contributed by atoms with E-state index in [4.69, 9.17) is 4.98 Å². The van der Waals surface area contributed by atoms with Crippen LogP contribution in [0, 0.1) is 13.8 Å². The Labute approximate surface area is 174 Å². The van der Waals surface area contributed by atoms with Crippen molar-refractivity contribution in [1.29, 1.82) is 0 Å². The van der Waals surface area contributed by atoms with Crippen molar-refractivity contribution in [3.8, 4) is 0 Å². The molecule has 0 saturated heterocycles. The van der Waals surface area contributed by atoms with E-state index in [0.717, 1.165) is 16.6 Å². The smallest absolute Gasteiger partial charge is 0.268 e. The number of aromatic amines is 2. The highest BCUT2D eigenvalue weighted by molar-refractivity contribution is 6.02. The highest BCUT2D eigenvalue weighted by atomic mass is 16.2. The van der Waals surface area contributed by atoms with Crippen molar-refractivity contribution in [2.45, 2.75) is 33.2 Å². The molecule has 152 valence electrons. The van der Waals surface area contributed by atoms with Crippen LogP contribution in [0.5, 0.6) is 0 Å². The van der Waals surface area contributed by atoms with Gasteiger partial charge in [0, 0.05) is 11.3 Å². The Morgan fingerprint density at radius 2 is 1.70 bits per heavy atom. The average Bonchev–Trinajstić information content (AvgIpc) is 3.28. The summed E-state index contributed by atoms with van der Waals surface area (Å²) in [6.45, 7) is 5.11. The van der Waals surface area contributed by atoms with Gasteiger partial charge in [0.1, 0.15) is 11.5 Å². The highest BCUT2D eigenvalue weighted by Gasteiger charge is 2.24. The largest absolute Gasteiger partial charge is 0.354 e. The summed E-state index contributed by atoms with van der Waals surface area (Å²) in [5.74, 6) is 0.379. The molecular formula is C24H24N4O2. The van der Waals surface area contributed by atoms with E-state index in [1.807, 2.05) is 54.6 Å². The minimum atomic E-state index is -0.351. The molecule has 0 bridgehead atoms. The lowest BCUT2D eigenvalue weighted by Crippen LogP contribution is -2.31. The van der Waals surface area contributed by atoms with Gasteiger partial charge >= 0.3 is 0 Å². The zero-order valence-electron chi connectivity index (χ0n) is 17.2. The number of imidazole rings is 1. The molecule has 1 amide bonds. The number of aryl methyl sites for hydroxylation is 1. The first kappa shape index (κ1) is 19.6. The molecule has 0 saturated carbocycles. The Kier molecular flexibility index (Phi) is 5.23. The number of carbonyl (C=O) groups is 2. The van der Waals surface area contributed by atoms with Crippen molar-refractivity contribution >= 4 is 22.7 Å². The van der Waals surface area contributed by atoms with E-state index in [-0.39, 0.29) is 17.7 Å². The summed E-state index contributed by atoms with van der Waals surface area (Å²) in [6.07, 6.45) is 0.588. The van der Waals surface area contributed by atoms with Crippen LogP contribution in [0.1, 0.15) is 56.5 Å². The topological polar surface area (TPSA) is 90.6 Å². The molecule has 6 heteroatoms. The summed E-state index contributed by atoms with van der Waals surface area (Å²) in [5.41, 5.74) is 5.22. The molecule has 3 N–H and O–H groups in total. The number of rotatable bonds is 6. The molecule has 2 aromatic heterocycles. The van der Waals surface area contributed by atoms with Crippen LogP contribution in [0.15, 0.2) is 54.6 Å². The van der Waals surface area contributed by atoms with Crippen molar-refractivity contribution < 1.29 is 9.59 Å². The third kappa shape index (κ3) is 3.76. The number of Topliss-reactive ketones (excluding diaryl/α,β-unsaturated/α-hetero) is 1. The number of benzene rings is 2. The molecule has 4 aromatic rings. The van der Waals surface area contributed by atoms with E-state index >= 15 is 0 Å². The number of carbonyl (C=O) groups excluding carboxylic acids is 2. The molecule has 0 spiro atoms. The van der Waals surface area contributed by atoms with Gasteiger partial charge in [-0.1, -0.05) is 42.5 Å². The number of hydrogen-bond acceptors (Lipinski definition) is 3. The number of amides is 1. The molecule has 2 heterocycles. The second-order valence-electron chi connectivity index (χ2n) is 7.54. The number of fused-ring (bicyclic) bond motifs is 1. The molecule has 30 heavy (non-hydrogen) atoms. The minimum absolute atomic E-state index is 0.0570. The first-order valence-electron chi connectivity index (χ1n) is 9.93. The van der Waals surface area contributed by atoms with Crippen LogP contribution < -0.4 is 5.32 Å². The van der Waals surface area contributed by atoms with Gasteiger partial charge in [0.2, 0.25) is 0 Å². The van der Waals surface area contributed by atoms with E-state index in [1.165, 1.54) is 6.92 Å². The standard InChI is InChI=1S/C24H24N4O2/c1-14-21(16(3)29)15(2)25-22(14)24(30)28-20(13-17-9-5-4-6-10-17)23-26-18-11-7-8-12-19(18)27-23/h4-12,20,25H,13H2,1-3H3,(H,26,27)(H,28,30)/t20-/m0/s1. The molecule has 0 unspecified atom stereocenters. The van der Waals surface area contributed by atoms with Crippen LogP contribution in [-0.2, 0) is 6.42 Å². The normalized spacial score (nSPS) is 12.1. The second kappa shape index (κ2) is 7.99. The predicted molar refractivity (Wildman–Crippen MR) is 117 cm³/mol. The highest BCUT2D eigenvalue weighted by Crippen LogP contribution is 2.23. The number of ketones is 1. The molecule has 0 aliphatic carbocycles. The molecule has 4 rings (SSSR count). The maximum Gasteiger partial charge on any atom is 0.268 e. The van der Waals surface area contributed by atoms with Gasteiger partial charge in [-0.25, -0.2) is 4.98 Å². The molecule has 0 aliphatic heterocycles. The van der Waals surface area contributed by atoms with Crippen LogP contribution >= 0.6 is 0 Å². The van der Waals surface area contributed by atoms with Gasteiger partial charge < -0.3 is 15.3 Å². The van der Waals surface area contributed by atoms with Crippen LogP contribution in [0.2, 0.25) is 0 Å². The Balaban J connectivity index is 1.68. The van der Waals surface area contributed by atoms with Crippen LogP contribution in [0.25, 0.3) is 11.0 Å². The molecule has 2 aromatic carbocycles. The van der Waals surface area contributed by atoms with Gasteiger partial charge in [-0.05, 0) is 50.5 Å². The van der Waals surface area contributed by atoms with Crippen LogP contribution in [0.4, 0.5) is 0 Å². The Bertz CT molecular complexity index is 1190. The molecule has 0 aliphatic rings. The van der Waals surface area contributed by atoms with Gasteiger partial charge in [0.05, 0.1) is 17.1 Å². The summed E-state index contributed by atoms with van der Waals surface area (Å²) >= 11 is 0. The summed E-state index contributed by atoms with van der Waals surface area (Å²) in [7, 11) is 0. The van der Waals surface area contributed by atoms with Gasteiger partial charge in [-0.15, -0.1) is 0 Å². The Morgan fingerprint density at radius 3 is 2.37 bits per heavy atom. The number of nitrogens with one attached hydrogen (secondary N) is 3. The zero-order chi connectivity index (χ0) is 21.3. The van der Waals surface area contributed by atoms with E-state index < -0.39 is 0 Å². The molecule has 1 atom stereocenters. The van der Waals surface area contributed by atoms with Gasteiger partial charge in [0.15, 0.2) is 5.78 Å². The summed E-state index contributed by atoms with van der Waals surface area (Å²) in [6, 6.07) is 17.4. The Morgan fingerprint density at radius 1 is 1.00 bits per heavy atom. The minimum Gasteiger partial charge on any atom is -0.354 e. The average molecular weight is 400 g/mol. The SMILES string of the molecule is CC(=O)c1c(C)[nH]c(C(=O)N[C@@H](Cc2ccccc2)c2nc3ccccc3[nH]2)c1C. The van der Waals surface area contributed by atoms with Crippen molar-refractivity contribution in [3.05, 3.63) is 88.5 Å². The zero-order valence-corrected chi connectivity index (χ0v) is 17.2. The maximum atomic E-state index is 13.1. The first-order valence-corrected chi connectivity index (χ1v) is 9.93. The second-order valence-corrected chi connectivity index (χ2v) is 7.54. The van der Waals surface area contributed by atoms with Gasteiger partial charge in [-0.3, -0.25) is 9.59 Å². The van der Waals surface area contributed by atoms with Crippen LogP contribution in [0.3, 0.4) is 0 Å². The Hall–Kier alpha value is -3.67. The number of nitrogens with zero attached hydrogens (tertiary/aromatic N) is 1. The lowest BCUT2D eigenvalue weighted by Gasteiger charge is -2.17. The monoisotopic (exact) mass is 400 g/mol. The summed E-state index contributed by atoms with van der Waals surface area (Å²) in [4.78, 5) is 36.2. The number of H-pyrrole nitrogens is 2. The fraction of sp³-hybridized carbons (Fsp3) is 0.208. The van der Waals surface area contributed by atoms with Crippen molar-refractivity contribution in [2.75, 3.05) is 0 Å². The van der Waals surface area contributed by atoms with Crippen molar-refractivity contribution in [1.82, 2.24) is 20.3 Å². The summed E-state index contributed by atoms with van der Waals surface area (Å²) < 4.78 is 0. The first-order chi connectivity index (χ1) is 14.4. The molecule has 6 nitrogen and oxygen atoms in total. The lowest BCUT2D eigenvalue weighted by atomic mass is 10.0. The van der Waals surface area contributed by atoms with Crippen molar-refractivity contribution in [2.24, 2.45) is 0 Å². The van der Waals surface area contributed by atoms with Gasteiger partial charge in [-0.2, -0.15) is 0 Å². The molecule has 0 radical (unpaired) electrons. The number of aromatic nitrogens is 3. The van der Waals surface area contributed by atoms with Crippen molar-refractivity contribution in [3.63, 3.8) is 0 Å². The van der Waals surface area contributed by atoms with Gasteiger partial charge in [0.25, 0.3) is 5.91 Å². The number of hydrogen-bond donors (Lipinski definition) is 3. The van der Waals surface area contributed by atoms with E-state index in [2.05, 4.69) is 15.3 Å². The van der Waals surface area contributed by atoms with Crippen LogP contribution in [-0.4, -0.2) is 26.6 Å². The molecule has 0 fully saturated rings. The quantitative estimate of drug-likeness (QED) is 0.418. The maximum absolute atomic E-state index is 13.1. The van der Waals surface area contributed by atoms with E-state index in [0.29, 0.717) is 34.8 Å². The number of para-hydroxylation sites is 2. The van der Waals surface area contributed by atoms with E-state index in [9.17, 15) is 9.59 Å². The summed E-state index contributed by atoms with van der Waals surface area (Å²) in [5, 5.41) is 3.10. The predicted octanol–water partition coefficient (Wildman–Crippen LogP) is 4.42. The third-order valence-electron chi connectivity index (χ3n) is 5.34. The van der Waals surface area contributed by atoms with E-state index in [1.54, 1.807) is 13.8 Å². The fourth-order valence-electron chi connectivity index (χ4n) is 3.94. The molecular weight excluding hydrogens is 376 g/mol. The fourth-order valence-corrected chi connectivity index (χ4v) is 3.94. The lowest BCUT2D eigenvalue weighted by molar-refractivity contribution is 0.0929. The third-order valence-corrected chi connectivity index (χ3v) is 5.34.